The Balaban J connectivity index is 1.57. The lowest BCUT2D eigenvalue weighted by atomic mass is 9.99. The number of aromatic hydroxyl groups is 1. The van der Waals surface area contributed by atoms with Crippen molar-refractivity contribution >= 4 is 32.5 Å². The fraction of sp³-hybridized carbons (Fsp3) is 0.333. The highest BCUT2D eigenvalue weighted by Crippen LogP contribution is 2.20. The summed E-state index contributed by atoms with van der Waals surface area (Å²) < 4.78 is 28.7. The van der Waals surface area contributed by atoms with E-state index in [1.165, 1.54) is 6.07 Å². The molecule has 0 heterocycles. The molecule has 0 fully saturated rings. The standard InChI is InChI=1S/C27H32N2O5S/c1-3-19(2)26(29-35(33,34)25-14-13-21-9-4-5-10-22(21)18-25)27(32)28-15-7-12-24(31)17-20-8-6-11-23(30)16-20/h4-6,8-11,13-14,16,18-19,26,29-30H,3,7,12,15,17H2,1-2H3,(H,28,32). The van der Waals surface area contributed by atoms with E-state index in [0.717, 1.165) is 16.3 Å². The Hall–Kier alpha value is -3.23. The topological polar surface area (TPSA) is 113 Å². The Bertz CT molecular complexity index is 1290. The van der Waals surface area contributed by atoms with Crippen LogP contribution >= 0.6 is 0 Å². The van der Waals surface area contributed by atoms with Gasteiger partial charge in [-0.15, -0.1) is 0 Å². The monoisotopic (exact) mass is 496 g/mol. The van der Waals surface area contributed by atoms with Crippen molar-refractivity contribution in [3.8, 4) is 5.75 Å². The molecular weight excluding hydrogens is 464 g/mol. The third-order valence-corrected chi connectivity index (χ3v) is 7.49. The summed E-state index contributed by atoms with van der Waals surface area (Å²) in [6, 6.07) is 18.0. The third-order valence-electron chi connectivity index (χ3n) is 6.05. The van der Waals surface area contributed by atoms with Crippen LogP contribution in [0, 0.1) is 5.92 Å². The van der Waals surface area contributed by atoms with Gasteiger partial charge >= 0.3 is 0 Å². The maximum atomic E-state index is 13.1. The summed E-state index contributed by atoms with van der Waals surface area (Å²) in [4.78, 5) is 25.2. The summed E-state index contributed by atoms with van der Waals surface area (Å²) in [5, 5.41) is 14.0. The third kappa shape index (κ3) is 7.37. The van der Waals surface area contributed by atoms with Crippen molar-refractivity contribution in [2.75, 3.05) is 6.54 Å². The first-order chi connectivity index (χ1) is 16.7. The first kappa shape index (κ1) is 26.4. The van der Waals surface area contributed by atoms with Gasteiger partial charge in [0.15, 0.2) is 0 Å². The minimum absolute atomic E-state index is 0.000308. The first-order valence-electron chi connectivity index (χ1n) is 11.8. The van der Waals surface area contributed by atoms with E-state index in [4.69, 9.17) is 0 Å². The zero-order valence-corrected chi connectivity index (χ0v) is 20.8. The summed E-state index contributed by atoms with van der Waals surface area (Å²) in [7, 11) is -3.92. The molecule has 0 aliphatic heterocycles. The number of carbonyl (C=O) groups excluding carboxylic acids is 2. The van der Waals surface area contributed by atoms with Gasteiger partial charge < -0.3 is 10.4 Å². The molecule has 3 N–H and O–H groups in total. The van der Waals surface area contributed by atoms with Gasteiger partial charge in [-0.3, -0.25) is 9.59 Å². The Morgan fingerprint density at radius 3 is 2.43 bits per heavy atom. The van der Waals surface area contributed by atoms with Gasteiger partial charge in [-0.2, -0.15) is 4.72 Å². The van der Waals surface area contributed by atoms with Crippen LogP contribution in [-0.2, 0) is 26.0 Å². The van der Waals surface area contributed by atoms with Crippen LogP contribution in [-0.4, -0.2) is 37.8 Å². The maximum Gasteiger partial charge on any atom is 0.241 e. The molecule has 0 aromatic heterocycles. The van der Waals surface area contributed by atoms with Crippen LogP contribution in [0.15, 0.2) is 71.6 Å². The number of sulfonamides is 1. The van der Waals surface area contributed by atoms with Gasteiger partial charge in [0, 0.05) is 19.4 Å². The molecule has 2 atom stereocenters. The highest BCUT2D eigenvalue weighted by atomic mass is 32.2. The highest BCUT2D eigenvalue weighted by molar-refractivity contribution is 7.89. The molecule has 186 valence electrons. The van der Waals surface area contributed by atoms with Crippen molar-refractivity contribution in [1.82, 2.24) is 10.0 Å². The van der Waals surface area contributed by atoms with Crippen LogP contribution in [0.2, 0.25) is 0 Å². The van der Waals surface area contributed by atoms with E-state index in [9.17, 15) is 23.1 Å². The Kier molecular flexibility index (Phi) is 9.01. The minimum Gasteiger partial charge on any atom is -0.508 e. The largest absolute Gasteiger partial charge is 0.508 e. The van der Waals surface area contributed by atoms with Crippen molar-refractivity contribution in [1.29, 1.82) is 0 Å². The predicted octanol–water partition coefficient (Wildman–Crippen LogP) is 3.95. The lowest BCUT2D eigenvalue weighted by Crippen LogP contribution is -2.50. The molecule has 0 aliphatic carbocycles. The van der Waals surface area contributed by atoms with E-state index >= 15 is 0 Å². The molecule has 0 aliphatic rings. The molecule has 3 aromatic rings. The number of phenolic OH excluding ortho intramolecular Hbond substituents is 1. The number of nitrogens with one attached hydrogen (secondary N) is 2. The lowest BCUT2D eigenvalue weighted by Gasteiger charge is -2.23. The van der Waals surface area contributed by atoms with Crippen molar-refractivity contribution in [3.63, 3.8) is 0 Å². The van der Waals surface area contributed by atoms with Gasteiger partial charge in [-0.1, -0.05) is 62.7 Å². The van der Waals surface area contributed by atoms with Crippen LogP contribution in [0.4, 0.5) is 0 Å². The molecule has 0 bridgehead atoms. The molecule has 0 saturated carbocycles. The summed E-state index contributed by atoms with van der Waals surface area (Å²) >= 11 is 0. The first-order valence-corrected chi connectivity index (χ1v) is 13.3. The van der Waals surface area contributed by atoms with Crippen LogP contribution in [0.1, 0.15) is 38.7 Å². The molecule has 3 aromatic carbocycles. The van der Waals surface area contributed by atoms with E-state index in [-0.39, 0.29) is 41.7 Å². The molecule has 8 heteroatoms. The van der Waals surface area contributed by atoms with E-state index in [2.05, 4.69) is 10.0 Å². The Morgan fingerprint density at radius 2 is 1.71 bits per heavy atom. The van der Waals surface area contributed by atoms with E-state index in [1.54, 1.807) is 36.4 Å². The van der Waals surface area contributed by atoms with Crippen LogP contribution in [0.25, 0.3) is 10.8 Å². The fourth-order valence-corrected chi connectivity index (χ4v) is 5.16. The Morgan fingerprint density at radius 1 is 0.971 bits per heavy atom. The highest BCUT2D eigenvalue weighted by Gasteiger charge is 2.29. The van der Waals surface area contributed by atoms with Gasteiger partial charge in [0.25, 0.3) is 0 Å². The van der Waals surface area contributed by atoms with Gasteiger partial charge in [-0.05, 0) is 52.9 Å². The second kappa shape index (κ2) is 12.0. The summed E-state index contributed by atoms with van der Waals surface area (Å²) in [5.74, 6) is -0.521. The van der Waals surface area contributed by atoms with Crippen molar-refractivity contribution in [2.24, 2.45) is 5.92 Å². The molecule has 7 nitrogen and oxygen atoms in total. The number of carbonyl (C=O) groups is 2. The van der Waals surface area contributed by atoms with E-state index in [0.29, 0.717) is 12.8 Å². The normalized spacial score (nSPS) is 13.3. The minimum atomic E-state index is -3.92. The van der Waals surface area contributed by atoms with E-state index in [1.807, 2.05) is 38.1 Å². The molecule has 3 rings (SSSR count). The number of hydrogen-bond donors (Lipinski definition) is 3. The zero-order chi connectivity index (χ0) is 25.4. The number of benzene rings is 3. The van der Waals surface area contributed by atoms with Gasteiger partial charge in [0.05, 0.1) is 4.90 Å². The maximum absolute atomic E-state index is 13.1. The fourth-order valence-electron chi connectivity index (χ4n) is 3.82. The summed E-state index contributed by atoms with van der Waals surface area (Å²) in [6.07, 6.45) is 1.53. The summed E-state index contributed by atoms with van der Waals surface area (Å²) in [5.41, 5.74) is 0.735. The van der Waals surface area contributed by atoms with E-state index < -0.39 is 22.0 Å². The molecule has 0 saturated heterocycles. The van der Waals surface area contributed by atoms with Crippen LogP contribution < -0.4 is 10.0 Å². The van der Waals surface area contributed by atoms with Crippen molar-refractivity contribution in [3.05, 3.63) is 72.3 Å². The number of Topliss-reactive ketones (excluding diaryl/α,β-unsaturated/α-hetero) is 1. The molecule has 2 unspecified atom stereocenters. The number of hydrogen-bond acceptors (Lipinski definition) is 5. The zero-order valence-electron chi connectivity index (χ0n) is 20.0. The second-order valence-electron chi connectivity index (χ2n) is 8.77. The van der Waals surface area contributed by atoms with Gasteiger partial charge in [0.2, 0.25) is 15.9 Å². The number of rotatable bonds is 12. The molecular formula is C27H32N2O5S. The predicted molar refractivity (Wildman–Crippen MR) is 137 cm³/mol. The number of amides is 1. The van der Waals surface area contributed by atoms with Crippen molar-refractivity contribution < 1.29 is 23.1 Å². The molecule has 1 amide bonds. The molecule has 35 heavy (non-hydrogen) atoms. The van der Waals surface area contributed by atoms with Crippen molar-refractivity contribution in [2.45, 2.75) is 50.5 Å². The molecule has 0 radical (unpaired) electrons. The SMILES string of the molecule is CCC(C)C(NS(=O)(=O)c1ccc2ccccc2c1)C(=O)NCCCC(=O)Cc1cccc(O)c1. The average Bonchev–Trinajstić information content (AvgIpc) is 2.84. The number of fused-ring (bicyclic) bond motifs is 1. The molecule has 0 spiro atoms. The van der Waals surface area contributed by atoms with Gasteiger partial charge in [-0.25, -0.2) is 8.42 Å². The van der Waals surface area contributed by atoms with Crippen LogP contribution in [0.5, 0.6) is 5.75 Å². The second-order valence-corrected chi connectivity index (χ2v) is 10.5. The summed E-state index contributed by atoms with van der Waals surface area (Å²) in [6.45, 7) is 3.98. The number of ketones is 1. The van der Waals surface area contributed by atoms with Gasteiger partial charge in [0.1, 0.15) is 17.6 Å². The average molecular weight is 497 g/mol. The Labute approximate surface area is 206 Å². The smallest absolute Gasteiger partial charge is 0.241 e. The lowest BCUT2D eigenvalue weighted by molar-refractivity contribution is -0.124. The van der Waals surface area contributed by atoms with Crippen LogP contribution in [0.3, 0.4) is 0 Å². The number of phenols is 1. The quantitative estimate of drug-likeness (QED) is 0.329.